The molecule has 1 heterocycles. The van der Waals surface area contributed by atoms with Crippen LogP contribution in [-0.2, 0) is 22.6 Å². The number of hydrogen-bond donors (Lipinski definition) is 1. The van der Waals surface area contributed by atoms with Crippen molar-refractivity contribution in [2.75, 3.05) is 13.1 Å². The van der Waals surface area contributed by atoms with Crippen molar-refractivity contribution in [3.8, 4) is 0 Å². The molecule has 0 bridgehead atoms. The van der Waals surface area contributed by atoms with Gasteiger partial charge in [0.25, 0.3) is 0 Å². The highest BCUT2D eigenvalue weighted by Crippen LogP contribution is 2.28. The molecule has 1 aliphatic carbocycles. The highest BCUT2D eigenvalue weighted by Gasteiger charge is 2.25. The number of Topliss-reactive ketones (excluding diaryl/α,β-unsaturated/α-hetero) is 1. The zero-order valence-corrected chi connectivity index (χ0v) is 18.3. The van der Waals surface area contributed by atoms with Crippen molar-refractivity contribution in [2.45, 2.75) is 84.2 Å². The van der Waals surface area contributed by atoms with Gasteiger partial charge in [0.05, 0.1) is 12.6 Å². The normalized spacial score (nSPS) is 19.0. The summed E-state index contributed by atoms with van der Waals surface area (Å²) >= 11 is 0. The molecule has 1 aromatic rings. The molecule has 4 heteroatoms. The van der Waals surface area contributed by atoms with Crippen molar-refractivity contribution < 1.29 is 9.59 Å². The maximum atomic E-state index is 13.1. The van der Waals surface area contributed by atoms with Crippen molar-refractivity contribution in [3.05, 3.63) is 35.4 Å². The van der Waals surface area contributed by atoms with Gasteiger partial charge in [0.15, 0.2) is 5.78 Å². The molecule has 1 N–H and O–H groups in total. The van der Waals surface area contributed by atoms with Gasteiger partial charge in [-0.1, -0.05) is 63.8 Å². The van der Waals surface area contributed by atoms with Crippen molar-refractivity contribution in [1.82, 2.24) is 10.2 Å². The summed E-state index contributed by atoms with van der Waals surface area (Å²) in [6, 6.07) is 8.20. The van der Waals surface area contributed by atoms with E-state index in [1.54, 1.807) is 0 Å². The molecule has 29 heavy (non-hydrogen) atoms. The van der Waals surface area contributed by atoms with Crippen LogP contribution in [0.2, 0.25) is 0 Å². The molecule has 1 fully saturated rings. The topological polar surface area (TPSA) is 49.4 Å². The molecule has 2 aliphatic rings. The zero-order chi connectivity index (χ0) is 20.6. The Labute approximate surface area is 176 Å². The van der Waals surface area contributed by atoms with Crippen LogP contribution >= 0.6 is 0 Å². The van der Waals surface area contributed by atoms with Gasteiger partial charge < -0.3 is 5.32 Å². The number of ketones is 1. The lowest BCUT2D eigenvalue weighted by Crippen LogP contribution is -2.46. The summed E-state index contributed by atoms with van der Waals surface area (Å²) in [5.74, 6) is 1.30. The molecule has 0 spiro atoms. The van der Waals surface area contributed by atoms with Gasteiger partial charge >= 0.3 is 0 Å². The molecule has 0 saturated heterocycles. The van der Waals surface area contributed by atoms with Crippen LogP contribution in [0.1, 0.15) is 76.3 Å². The summed E-state index contributed by atoms with van der Waals surface area (Å²) in [5.41, 5.74) is 2.74. The Morgan fingerprint density at radius 1 is 1.10 bits per heavy atom. The number of carbonyl (C=O) groups is 2. The first kappa shape index (κ1) is 22.0. The maximum absolute atomic E-state index is 13.1. The van der Waals surface area contributed by atoms with E-state index in [4.69, 9.17) is 0 Å². The van der Waals surface area contributed by atoms with E-state index < -0.39 is 0 Å². The Morgan fingerprint density at radius 2 is 1.83 bits per heavy atom. The first-order valence-electron chi connectivity index (χ1n) is 11.6. The standard InChI is InChI=1S/C25H38N2O2/c1-19(2)16-23(26-25(29)14-13-20-8-3-4-9-20)24(28)18-27-15-7-12-21-10-5-6-11-22(21)17-27/h5-6,10-11,19-20,23H,3-4,7-9,12-18H2,1-2H3,(H,26,29)/t23-/m0/s1. The molecule has 1 atom stereocenters. The van der Waals surface area contributed by atoms with E-state index in [1.165, 1.54) is 36.8 Å². The fraction of sp³-hybridized carbons (Fsp3) is 0.680. The summed E-state index contributed by atoms with van der Waals surface area (Å²) in [5, 5.41) is 3.08. The van der Waals surface area contributed by atoms with Gasteiger partial charge in [0.1, 0.15) is 0 Å². The number of aryl methyl sites for hydroxylation is 1. The third-order valence-electron chi connectivity index (χ3n) is 6.50. The van der Waals surface area contributed by atoms with Crippen LogP contribution in [0.4, 0.5) is 0 Å². The van der Waals surface area contributed by atoms with E-state index >= 15 is 0 Å². The lowest BCUT2D eigenvalue weighted by molar-refractivity contribution is -0.129. The highest BCUT2D eigenvalue weighted by atomic mass is 16.2. The number of amides is 1. The first-order chi connectivity index (χ1) is 14.0. The maximum Gasteiger partial charge on any atom is 0.220 e. The van der Waals surface area contributed by atoms with Crippen molar-refractivity contribution in [3.63, 3.8) is 0 Å². The van der Waals surface area contributed by atoms with E-state index in [0.29, 0.717) is 24.8 Å². The second kappa shape index (κ2) is 10.9. The minimum atomic E-state index is -0.357. The second-order valence-electron chi connectivity index (χ2n) is 9.49. The van der Waals surface area contributed by atoms with Gasteiger partial charge in [-0.15, -0.1) is 0 Å². The third-order valence-corrected chi connectivity index (χ3v) is 6.50. The number of rotatable bonds is 9. The lowest BCUT2D eigenvalue weighted by Gasteiger charge is -2.25. The summed E-state index contributed by atoms with van der Waals surface area (Å²) < 4.78 is 0. The van der Waals surface area contributed by atoms with Crippen LogP contribution in [0.3, 0.4) is 0 Å². The fourth-order valence-electron chi connectivity index (χ4n) is 4.88. The van der Waals surface area contributed by atoms with Crippen molar-refractivity contribution >= 4 is 11.7 Å². The molecule has 1 saturated carbocycles. The zero-order valence-electron chi connectivity index (χ0n) is 18.3. The van der Waals surface area contributed by atoms with E-state index in [9.17, 15) is 9.59 Å². The Morgan fingerprint density at radius 3 is 2.55 bits per heavy atom. The monoisotopic (exact) mass is 398 g/mol. The predicted octanol–water partition coefficient (Wildman–Crippen LogP) is 4.51. The minimum absolute atomic E-state index is 0.0529. The Hall–Kier alpha value is -1.68. The van der Waals surface area contributed by atoms with Crippen LogP contribution in [0.25, 0.3) is 0 Å². The average molecular weight is 399 g/mol. The fourth-order valence-corrected chi connectivity index (χ4v) is 4.88. The van der Waals surface area contributed by atoms with E-state index in [2.05, 4.69) is 48.3 Å². The highest BCUT2D eigenvalue weighted by molar-refractivity contribution is 5.90. The number of hydrogen-bond acceptors (Lipinski definition) is 3. The smallest absolute Gasteiger partial charge is 0.220 e. The lowest BCUT2D eigenvalue weighted by atomic mass is 9.98. The van der Waals surface area contributed by atoms with Crippen LogP contribution < -0.4 is 5.32 Å². The molecule has 1 aromatic carbocycles. The summed E-state index contributed by atoms with van der Waals surface area (Å²) in [6.45, 7) is 6.42. The first-order valence-corrected chi connectivity index (χ1v) is 11.6. The van der Waals surface area contributed by atoms with Gasteiger partial charge in [-0.05, 0) is 55.2 Å². The minimum Gasteiger partial charge on any atom is -0.346 e. The molecule has 0 unspecified atom stereocenters. The second-order valence-corrected chi connectivity index (χ2v) is 9.49. The Balaban J connectivity index is 1.54. The molecule has 3 rings (SSSR count). The van der Waals surface area contributed by atoms with Gasteiger partial charge in [-0.25, -0.2) is 0 Å². The Bertz CT molecular complexity index is 679. The Kier molecular flexibility index (Phi) is 8.29. The van der Waals surface area contributed by atoms with Gasteiger partial charge in [-0.2, -0.15) is 0 Å². The third kappa shape index (κ3) is 6.95. The average Bonchev–Trinajstić information content (AvgIpc) is 3.12. The van der Waals surface area contributed by atoms with Gasteiger partial charge in [0.2, 0.25) is 5.91 Å². The number of benzene rings is 1. The van der Waals surface area contributed by atoms with Crippen LogP contribution in [0.5, 0.6) is 0 Å². The molecular formula is C25H38N2O2. The van der Waals surface area contributed by atoms with Crippen molar-refractivity contribution in [2.24, 2.45) is 11.8 Å². The van der Waals surface area contributed by atoms with Crippen LogP contribution in [-0.4, -0.2) is 35.7 Å². The molecule has 4 nitrogen and oxygen atoms in total. The quantitative estimate of drug-likeness (QED) is 0.666. The molecule has 160 valence electrons. The van der Waals surface area contributed by atoms with Crippen LogP contribution in [0.15, 0.2) is 24.3 Å². The van der Waals surface area contributed by atoms with E-state index in [0.717, 1.165) is 38.8 Å². The molecular weight excluding hydrogens is 360 g/mol. The van der Waals surface area contributed by atoms with Crippen molar-refractivity contribution in [1.29, 1.82) is 0 Å². The van der Waals surface area contributed by atoms with Gasteiger partial charge in [-0.3, -0.25) is 14.5 Å². The van der Waals surface area contributed by atoms with Gasteiger partial charge in [0, 0.05) is 13.0 Å². The summed E-state index contributed by atoms with van der Waals surface area (Å²) in [4.78, 5) is 27.9. The largest absolute Gasteiger partial charge is 0.346 e. The predicted molar refractivity (Wildman–Crippen MR) is 118 cm³/mol. The number of nitrogens with zero attached hydrogens (tertiary/aromatic N) is 1. The van der Waals surface area contributed by atoms with E-state index in [1.807, 2.05) is 0 Å². The molecule has 1 aliphatic heterocycles. The van der Waals surface area contributed by atoms with Crippen LogP contribution in [0, 0.1) is 11.8 Å². The number of nitrogens with one attached hydrogen (secondary N) is 1. The molecule has 0 aromatic heterocycles. The summed E-state index contributed by atoms with van der Waals surface area (Å²) in [7, 11) is 0. The molecule has 1 amide bonds. The number of carbonyl (C=O) groups excluding carboxylic acids is 2. The number of fused-ring (bicyclic) bond motifs is 1. The van der Waals surface area contributed by atoms with E-state index in [-0.39, 0.29) is 17.7 Å². The SMILES string of the molecule is CC(C)C[C@H](NC(=O)CCC1CCCC1)C(=O)CN1CCCc2ccccc2C1. The summed E-state index contributed by atoms with van der Waals surface area (Å²) in [6.07, 6.45) is 9.54. The molecule has 0 radical (unpaired) electrons.